The number of likely N-dealkylation sites (N-methyl/N-ethyl adjacent to an activating group) is 1. The van der Waals surface area contributed by atoms with Crippen LogP contribution < -0.4 is 4.90 Å². The second-order valence-electron chi connectivity index (χ2n) is 5.50. The molecule has 0 atom stereocenters. The molecule has 0 saturated heterocycles. The molecule has 0 spiro atoms. The maximum atomic E-state index is 9.82. The zero-order chi connectivity index (χ0) is 16.5. The molecule has 4 heteroatoms. The van der Waals surface area contributed by atoms with Crippen molar-refractivity contribution in [2.24, 2.45) is 0 Å². The maximum absolute atomic E-state index is 9.82. The SMILES string of the molecule is CCN1/C(=C(\C#N)c2nc3ccccc3s2)C=Cc2ccccc21. The molecule has 2 aromatic carbocycles. The van der Waals surface area contributed by atoms with Crippen LogP contribution in [0.4, 0.5) is 5.69 Å². The van der Waals surface area contributed by atoms with Gasteiger partial charge in [0.25, 0.3) is 0 Å². The van der Waals surface area contributed by atoms with Crippen molar-refractivity contribution in [3.8, 4) is 6.07 Å². The second-order valence-corrected chi connectivity index (χ2v) is 6.53. The van der Waals surface area contributed by atoms with Crippen molar-refractivity contribution >= 4 is 38.9 Å². The zero-order valence-electron chi connectivity index (χ0n) is 13.2. The number of fused-ring (bicyclic) bond motifs is 2. The normalized spacial score (nSPS) is 15.2. The first-order valence-corrected chi connectivity index (χ1v) is 8.68. The van der Waals surface area contributed by atoms with Crippen LogP contribution in [0.1, 0.15) is 17.5 Å². The van der Waals surface area contributed by atoms with E-state index in [1.54, 1.807) is 11.3 Å². The molecule has 0 radical (unpaired) electrons. The van der Waals surface area contributed by atoms with Crippen molar-refractivity contribution in [3.63, 3.8) is 0 Å². The number of para-hydroxylation sites is 2. The molecule has 1 aliphatic heterocycles. The number of hydrogen-bond donors (Lipinski definition) is 0. The van der Waals surface area contributed by atoms with Crippen LogP contribution in [0.5, 0.6) is 0 Å². The summed E-state index contributed by atoms with van der Waals surface area (Å²) in [6.45, 7) is 2.90. The summed E-state index contributed by atoms with van der Waals surface area (Å²) >= 11 is 1.57. The van der Waals surface area contributed by atoms with Gasteiger partial charge in [-0.05, 0) is 36.8 Å². The average molecular weight is 329 g/mol. The Morgan fingerprint density at radius 1 is 1.12 bits per heavy atom. The van der Waals surface area contributed by atoms with Gasteiger partial charge in [-0.25, -0.2) is 4.98 Å². The number of anilines is 1. The maximum Gasteiger partial charge on any atom is 0.137 e. The molecule has 4 rings (SSSR count). The molecular formula is C20H15N3S. The van der Waals surface area contributed by atoms with Crippen LogP contribution in [0.2, 0.25) is 0 Å². The molecule has 116 valence electrons. The van der Waals surface area contributed by atoms with E-state index in [1.165, 1.54) is 5.56 Å². The van der Waals surface area contributed by atoms with Gasteiger partial charge in [-0.3, -0.25) is 0 Å². The van der Waals surface area contributed by atoms with Gasteiger partial charge in [0.2, 0.25) is 0 Å². The molecule has 0 amide bonds. The first kappa shape index (κ1) is 14.7. The van der Waals surface area contributed by atoms with E-state index >= 15 is 0 Å². The average Bonchev–Trinajstić information content (AvgIpc) is 3.05. The quantitative estimate of drug-likeness (QED) is 0.615. The van der Waals surface area contributed by atoms with E-state index < -0.39 is 0 Å². The van der Waals surface area contributed by atoms with E-state index in [1.807, 2.05) is 42.5 Å². The molecule has 0 bridgehead atoms. The minimum Gasteiger partial charge on any atom is -0.340 e. The van der Waals surface area contributed by atoms with Gasteiger partial charge in [-0.1, -0.05) is 36.4 Å². The summed E-state index contributed by atoms with van der Waals surface area (Å²) < 4.78 is 1.10. The van der Waals surface area contributed by atoms with Gasteiger partial charge in [-0.2, -0.15) is 5.26 Å². The molecule has 1 aliphatic rings. The van der Waals surface area contributed by atoms with Crippen molar-refractivity contribution in [1.29, 1.82) is 5.26 Å². The standard InChI is InChI=1S/C20H15N3S/c1-2-23-17-9-5-3-7-14(17)11-12-18(23)15(13-21)20-22-16-8-4-6-10-19(16)24-20/h3-12H,2H2,1H3/b18-15+. The molecular weight excluding hydrogens is 314 g/mol. The fourth-order valence-corrected chi connectivity index (χ4v) is 3.98. The number of nitrogens with zero attached hydrogens (tertiary/aromatic N) is 3. The Morgan fingerprint density at radius 2 is 1.92 bits per heavy atom. The largest absolute Gasteiger partial charge is 0.340 e. The zero-order valence-corrected chi connectivity index (χ0v) is 14.0. The monoisotopic (exact) mass is 329 g/mol. The fourth-order valence-electron chi connectivity index (χ4n) is 3.02. The molecule has 0 aliphatic carbocycles. The van der Waals surface area contributed by atoms with Gasteiger partial charge in [0.1, 0.15) is 16.6 Å². The Labute approximate surface area is 144 Å². The molecule has 0 fully saturated rings. The summed E-state index contributed by atoms with van der Waals surface area (Å²) in [6.07, 6.45) is 4.10. The first-order chi connectivity index (χ1) is 11.8. The fraction of sp³-hybridized carbons (Fsp3) is 0.100. The second kappa shape index (κ2) is 5.95. The minimum atomic E-state index is 0.629. The number of thiazole rings is 1. The summed E-state index contributed by atoms with van der Waals surface area (Å²) in [5.74, 6) is 0. The highest BCUT2D eigenvalue weighted by atomic mass is 32.1. The van der Waals surface area contributed by atoms with Crippen LogP contribution in [0.25, 0.3) is 21.9 Å². The van der Waals surface area contributed by atoms with E-state index in [4.69, 9.17) is 0 Å². The van der Waals surface area contributed by atoms with E-state index in [0.29, 0.717) is 5.57 Å². The lowest BCUT2D eigenvalue weighted by Crippen LogP contribution is -2.24. The predicted octanol–water partition coefficient (Wildman–Crippen LogP) is 5.08. The molecule has 3 aromatic rings. The number of hydrogen-bond acceptors (Lipinski definition) is 4. The van der Waals surface area contributed by atoms with Crippen LogP contribution >= 0.6 is 11.3 Å². The third-order valence-corrected chi connectivity index (χ3v) is 5.18. The van der Waals surface area contributed by atoms with Crippen molar-refractivity contribution in [3.05, 3.63) is 70.9 Å². The lowest BCUT2D eigenvalue weighted by molar-refractivity contribution is 0.974. The Morgan fingerprint density at radius 3 is 2.71 bits per heavy atom. The van der Waals surface area contributed by atoms with Crippen molar-refractivity contribution < 1.29 is 0 Å². The predicted molar refractivity (Wildman–Crippen MR) is 101 cm³/mol. The van der Waals surface area contributed by atoms with Gasteiger partial charge in [0.05, 0.1) is 15.9 Å². The Kier molecular flexibility index (Phi) is 3.64. The van der Waals surface area contributed by atoms with Gasteiger partial charge >= 0.3 is 0 Å². The number of aromatic nitrogens is 1. The third-order valence-electron chi connectivity index (χ3n) is 4.13. The van der Waals surface area contributed by atoms with E-state index in [-0.39, 0.29) is 0 Å². The summed E-state index contributed by atoms with van der Waals surface area (Å²) in [4.78, 5) is 6.84. The van der Waals surface area contributed by atoms with Crippen LogP contribution in [-0.4, -0.2) is 11.5 Å². The summed E-state index contributed by atoms with van der Waals surface area (Å²) in [7, 11) is 0. The smallest absolute Gasteiger partial charge is 0.137 e. The van der Waals surface area contributed by atoms with Crippen LogP contribution in [0.15, 0.2) is 60.3 Å². The third kappa shape index (κ3) is 2.31. The minimum absolute atomic E-state index is 0.629. The molecule has 24 heavy (non-hydrogen) atoms. The van der Waals surface area contributed by atoms with Crippen LogP contribution in [0.3, 0.4) is 0 Å². The number of rotatable bonds is 2. The summed E-state index contributed by atoms with van der Waals surface area (Å²) in [5.41, 5.74) is 4.78. The van der Waals surface area contributed by atoms with Gasteiger partial charge in [0, 0.05) is 12.2 Å². The molecule has 3 nitrogen and oxygen atoms in total. The number of nitriles is 1. The number of benzene rings is 2. The lowest BCUT2D eigenvalue weighted by Gasteiger charge is -2.29. The Balaban J connectivity index is 1.91. The summed E-state index contributed by atoms with van der Waals surface area (Å²) in [6, 6.07) is 18.6. The summed E-state index contributed by atoms with van der Waals surface area (Å²) in [5, 5.41) is 10.6. The highest BCUT2D eigenvalue weighted by molar-refractivity contribution is 7.19. The van der Waals surface area contributed by atoms with Crippen molar-refractivity contribution in [2.75, 3.05) is 11.4 Å². The lowest BCUT2D eigenvalue weighted by atomic mass is 10.0. The number of allylic oxidation sites excluding steroid dienone is 2. The Bertz CT molecular complexity index is 988. The molecule has 2 heterocycles. The van der Waals surface area contributed by atoms with E-state index in [2.05, 4.69) is 41.1 Å². The van der Waals surface area contributed by atoms with E-state index in [9.17, 15) is 5.26 Å². The Hall–Kier alpha value is -2.90. The molecule has 1 aromatic heterocycles. The molecule has 0 saturated carbocycles. The topological polar surface area (TPSA) is 39.9 Å². The van der Waals surface area contributed by atoms with Crippen LogP contribution in [-0.2, 0) is 0 Å². The highest BCUT2D eigenvalue weighted by Crippen LogP contribution is 2.36. The first-order valence-electron chi connectivity index (χ1n) is 7.87. The van der Waals surface area contributed by atoms with E-state index in [0.717, 1.165) is 33.2 Å². The van der Waals surface area contributed by atoms with Gasteiger partial charge in [0.15, 0.2) is 0 Å². The highest BCUT2D eigenvalue weighted by Gasteiger charge is 2.21. The molecule has 0 unspecified atom stereocenters. The van der Waals surface area contributed by atoms with Crippen molar-refractivity contribution in [1.82, 2.24) is 4.98 Å². The van der Waals surface area contributed by atoms with Crippen molar-refractivity contribution in [2.45, 2.75) is 6.92 Å². The van der Waals surface area contributed by atoms with Gasteiger partial charge < -0.3 is 4.90 Å². The van der Waals surface area contributed by atoms with Gasteiger partial charge in [-0.15, -0.1) is 11.3 Å². The molecule has 0 N–H and O–H groups in total. The van der Waals surface area contributed by atoms with Crippen LogP contribution in [0, 0.1) is 11.3 Å².